The van der Waals surface area contributed by atoms with Crippen LogP contribution in [0.4, 0.5) is 0 Å². The lowest BCUT2D eigenvalue weighted by Crippen LogP contribution is -2.03. The van der Waals surface area contributed by atoms with Crippen LogP contribution in [-0.4, -0.2) is 33.1 Å². The largest absolute Gasteiger partial charge is 0.508 e. The molecule has 2 rings (SSSR count). The van der Waals surface area contributed by atoms with Gasteiger partial charge in [-0.05, 0) is 12.1 Å². The van der Waals surface area contributed by atoms with Gasteiger partial charge in [-0.2, -0.15) is 5.10 Å². The molecule has 1 aromatic carbocycles. The van der Waals surface area contributed by atoms with Gasteiger partial charge in [0.2, 0.25) is 5.88 Å². The van der Waals surface area contributed by atoms with Crippen LogP contribution in [0.15, 0.2) is 30.5 Å². The van der Waals surface area contributed by atoms with E-state index in [-0.39, 0.29) is 17.2 Å². The molecule has 0 radical (unpaired) electrons. The van der Waals surface area contributed by atoms with Gasteiger partial charge in [0.1, 0.15) is 11.3 Å². The number of ether oxygens (including phenoxy) is 1. The number of nitrogens with zero attached hydrogens (tertiary/aromatic N) is 2. The minimum Gasteiger partial charge on any atom is -0.508 e. The third kappa shape index (κ3) is 1.92. The minimum atomic E-state index is -1.12. The molecule has 6 heteroatoms. The topological polar surface area (TPSA) is 84.6 Å². The Balaban J connectivity index is 2.56. The number of aromatic nitrogens is 2. The molecule has 2 aromatic rings. The second-order valence-electron chi connectivity index (χ2n) is 3.30. The molecule has 2 N–H and O–H groups in total. The van der Waals surface area contributed by atoms with Gasteiger partial charge in [0, 0.05) is 6.07 Å². The predicted molar refractivity (Wildman–Crippen MR) is 58.7 cm³/mol. The quantitative estimate of drug-likeness (QED) is 0.835. The number of hydrogen-bond donors (Lipinski definition) is 2. The van der Waals surface area contributed by atoms with Crippen molar-refractivity contribution in [2.24, 2.45) is 0 Å². The molecule has 1 heterocycles. The lowest BCUT2D eigenvalue weighted by atomic mass is 10.3. The summed E-state index contributed by atoms with van der Waals surface area (Å²) in [5.41, 5.74) is 0.491. The highest BCUT2D eigenvalue weighted by atomic mass is 16.5. The normalized spacial score (nSPS) is 10.2. The fourth-order valence-corrected chi connectivity index (χ4v) is 1.49. The number of aromatic carboxylic acids is 1. The van der Waals surface area contributed by atoms with Crippen molar-refractivity contribution in [2.75, 3.05) is 7.11 Å². The maximum absolute atomic E-state index is 10.9. The summed E-state index contributed by atoms with van der Waals surface area (Å²) in [6, 6.07) is 6.28. The summed E-state index contributed by atoms with van der Waals surface area (Å²) in [6.07, 6.45) is 1.20. The van der Waals surface area contributed by atoms with E-state index >= 15 is 0 Å². The van der Waals surface area contributed by atoms with Gasteiger partial charge >= 0.3 is 5.97 Å². The van der Waals surface area contributed by atoms with Crippen LogP contribution in [0.1, 0.15) is 10.4 Å². The zero-order chi connectivity index (χ0) is 12.4. The van der Waals surface area contributed by atoms with Crippen molar-refractivity contribution >= 4 is 5.97 Å². The molecule has 0 saturated carbocycles. The molecule has 0 atom stereocenters. The molecule has 0 bridgehead atoms. The number of phenolic OH excluding ortho intramolecular Hbond substituents is 1. The van der Waals surface area contributed by atoms with Crippen molar-refractivity contribution in [1.29, 1.82) is 0 Å². The Morgan fingerprint density at radius 1 is 1.47 bits per heavy atom. The first-order valence-electron chi connectivity index (χ1n) is 4.78. The standard InChI is InChI=1S/C11H10N2O4/c1-17-10-9(11(15)16)6-12-13(10)7-3-2-4-8(14)5-7/h2-6,14H,1H3,(H,15,16). The predicted octanol–water partition coefficient (Wildman–Crippen LogP) is 1.28. The Hall–Kier alpha value is -2.50. The van der Waals surface area contributed by atoms with Crippen LogP contribution < -0.4 is 4.74 Å². The number of benzene rings is 1. The molecule has 1 aromatic heterocycles. The van der Waals surface area contributed by atoms with Crippen LogP contribution in [0.5, 0.6) is 11.6 Å². The Morgan fingerprint density at radius 3 is 2.82 bits per heavy atom. The molecule has 0 amide bonds. The summed E-state index contributed by atoms with van der Waals surface area (Å²) in [5.74, 6) is -0.937. The van der Waals surface area contributed by atoms with E-state index in [1.807, 2.05) is 0 Å². The fraction of sp³-hybridized carbons (Fsp3) is 0.0909. The Bertz CT molecular complexity index is 562. The zero-order valence-corrected chi connectivity index (χ0v) is 8.99. The maximum atomic E-state index is 10.9. The lowest BCUT2D eigenvalue weighted by molar-refractivity contribution is 0.0693. The molecule has 0 fully saturated rings. The highest BCUT2D eigenvalue weighted by Crippen LogP contribution is 2.24. The Kier molecular flexibility index (Phi) is 2.70. The van der Waals surface area contributed by atoms with E-state index in [2.05, 4.69) is 5.10 Å². The average molecular weight is 234 g/mol. The highest BCUT2D eigenvalue weighted by Gasteiger charge is 2.18. The summed E-state index contributed by atoms with van der Waals surface area (Å²) >= 11 is 0. The second kappa shape index (κ2) is 4.17. The molecule has 0 aliphatic carbocycles. The molecule has 0 spiro atoms. The minimum absolute atomic E-state index is 0.0316. The first kappa shape index (κ1) is 11.0. The van der Waals surface area contributed by atoms with Gasteiger partial charge in [-0.15, -0.1) is 0 Å². The number of carbonyl (C=O) groups is 1. The number of methoxy groups -OCH3 is 1. The van der Waals surface area contributed by atoms with E-state index in [4.69, 9.17) is 9.84 Å². The average Bonchev–Trinajstić information content (AvgIpc) is 2.72. The van der Waals surface area contributed by atoms with Crippen molar-refractivity contribution in [3.63, 3.8) is 0 Å². The molecule has 88 valence electrons. The van der Waals surface area contributed by atoms with E-state index in [0.717, 1.165) is 0 Å². The van der Waals surface area contributed by atoms with E-state index < -0.39 is 5.97 Å². The lowest BCUT2D eigenvalue weighted by Gasteiger charge is -2.06. The number of phenols is 1. The fourth-order valence-electron chi connectivity index (χ4n) is 1.49. The summed E-state index contributed by atoms with van der Waals surface area (Å²) in [7, 11) is 1.36. The van der Waals surface area contributed by atoms with Crippen LogP contribution in [0.3, 0.4) is 0 Å². The van der Waals surface area contributed by atoms with Crippen molar-refractivity contribution in [1.82, 2.24) is 9.78 Å². The van der Waals surface area contributed by atoms with Gasteiger partial charge in [-0.3, -0.25) is 0 Å². The van der Waals surface area contributed by atoms with Crippen LogP contribution >= 0.6 is 0 Å². The van der Waals surface area contributed by atoms with Crippen molar-refractivity contribution in [3.8, 4) is 17.3 Å². The summed E-state index contributed by atoms with van der Waals surface area (Å²) in [4.78, 5) is 10.9. The molecule has 0 unspecified atom stereocenters. The van der Waals surface area contributed by atoms with Crippen molar-refractivity contribution in [2.45, 2.75) is 0 Å². The first-order valence-corrected chi connectivity index (χ1v) is 4.78. The second-order valence-corrected chi connectivity index (χ2v) is 3.30. The Labute approximate surface area is 96.7 Å². The van der Waals surface area contributed by atoms with Crippen molar-refractivity contribution < 1.29 is 19.7 Å². The van der Waals surface area contributed by atoms with Crippen LogP contribution in [0.25, 0.3) is 5.69 Å². The van der Waals surface area contributed by atoms with Gasteiger partial charge in [0.25, 0.3) is 0 Å². The molecule has 0 aliphatic heterocycles. The van der Waals surface area contributed by atoms with Gasteiger partial charge in [0.05, 0.1) is 19.0 Å². The third-order valence-electron chi connectivity index (χ3n) is 2.22. The molecule has 0 saturated heterocycles. The highest BCUT2D eigenvalue weighted by molar-refractivity contribution is 5.90. The van der Waals surface area contributed by atoms with Crippen LogP contribution in [0, 0.1) is 0 Å². The number of aromatic hydroxyl groups is 1. The monoisotopic (exact) mass is 234 g/mol. The summed E-state index contributed by atoms with van der Waals surface area (Å²) in [5, 5.41) is 22.2. The maximum Gasteiger partial charge on any atom is 0.342 e. The number of carboxylic acids is 1. The summed E-state index contributed by atoms with van der Waals surface area (Å²) in [6.45, 7) is 0. The van der Waals surface area contributed by atoms with Gasteiger partial charge in [-0.25, -0.2) is 9.48 Å². The summed E-state index contributed by atoms with van der Waals surface area (Å²) < 4.78 is 6.32. The number of carboxylic acid groups (broad SMARTS) is 1. The zero-order valence-electron chi connectivity index (χ0n) is 8.99. The smallest absolute Gasteiger partial charge is 0.342 e. The third-order valence-corrected chi connectivity index (χ3v) is 2.22. The van der Waals surface area contributed by atoms with E-state index in [9.17, 15) is 9.90 Å². The Morgan fingerprint density at radius 2 is 2.24 bits per heavy atom. The van der Waals surface area contributed by atoms with Crippen LogP contribution in [-0.2, 0) is 0 Å². The van der Waals surface area contributed by atoms with Gasteiger partial charge < -0.3 is 14.9 Å². The van der Waals surface area contributed by atoms with Gasteiger partial charge in [0.15, 0.2) is 0 Å². The number of hydrogen-bond acceptors (Lipinski definition) is 4. The van der Waals surface area contributed by atoms with Crippen molar-refractivity contribution in [3.05, 3.63) is 36.0 Å². The number of rotatable bonds is 3. The molecule has 0 aliphatic rings. The molecular formula is C11H10N2O4. The van der Waals surface area contributed by atoms with E-state index in [0.29, 0.717) is 5.69 Å². The first-order chi connectivity index (χ1) is 8.13. The van der Waals surface area contributed by atoms with E-state index in [1.54, 1.807) is 12.1 Å². The molecular weight excluding hydrogens is 224 g/mol. The van der Waals surface area contributed by atoms with E-state index in [1.165, 1.54) is 30.1 Å². The molecule has 6 nitrogen and oxygen atoms in total. The molecule has 17 heavy (non-hydrogen) atoms. The SMILES string of the molecule is COc1c(C(=O)O)cnn1-c1cccc(O)c1. The van der Waals surface area contributed by atoms with Gasteiger partial charge in [-0.1, -0.05) is 6.07 Å². The van der Waals surface area contributed by atoms with Crippen LogP contribution in [0.2, 0.25) is 0 Å².